The third-order valence-corrected chi connectivity index (χ3v) is 7.71. The standard InChI is InChI=1S/C20H12F3NOS2.BF4/c21-20(22,23)19(25)24-13-9-11-14(12-10-13)27-17-7-3-1-5-15(17)26-16-6-2-4-8-18(16)27;2-1(3,4)5/h1-12H;/q;-1/p+1. The van der Waals surface area contributed by atoms with Gasteiger partial charge in [-0.1, -0.05) is 36.0 Å². The van der Waals surface area contributed by atoms with Gasteiger partial charge in [0.25, 0.3) is 0 Å². The van der Waals surface area contributed by atoms with Crippen molar-refractivity contribution in [2.24, 2.45) is 0 Å². The molecule has 1 heterocycles. The molecule has 0 fully saturated rings. The van der Waals surface area contributed by atoms with E-state index in [1.807, 2.05) is 29.6 Å². The van der Waals surface area contributed by atoms with Crippen molar-refractivity contribution in [3.63, 3.8) is 0 Å². The predicted molar refractivity (Wildman–Crippen MR) is 110 cm³/mol. The summed E-state index contributed by atoms with van der Waals surface area (Å²) in [5.41, 5.74) is 0.123. The molecule has 0 bridgehead atoms. The Morgan fingerprint density at radius 3 is 1.66 bits per heavy atom. The zero-order valence-corrected chi connectivity index (χ0v) is 17.5. The molecule has 4 rings (SSSR count). The fourth-order valence-corrected chi connectivity index (χ4v) is 6.51. The minimum atomic E-state index is -6.00. The van der Waals surface area contributed by atoms with E-state index in [-0.39, 0.29) is 16.6 Å². The van der Waals surface area contributed by atoms with E-state index < -0.39 is 19.3 Å². The molecule has 0 spiro atoms. The summed E-state index contributed by atoms with van der Waals surface area (Å²) in [5.74, 6) is -1.97. The van der Waals surface area contributed by atoms with Gasteiger partial charge in [0.15, 0.2) is 14.7 Å². The Bertz CT molecular complexity index is 1050. The van der Waals surface area contributed by atoms with Crippen LogP contribution >= 0.6 is 11.8 Å². The fraction of sp³-hybridized carbons (Fsp3) is 0.0500. The largest absolute Gasteiger partial charge is 0.673 e. The van der Waals surface area contributed by atoms with Crippen LogP contribution in [-0.4, -0.2) is 19.3 Å². The highest BCUT2D eigenvalue weighted by Crippen LogP contribution is 2.48. The summed E-state index contributed by atoms with van der Waals surface area (Å²) in [7, 11) is -6.35. The molecule has 1 aliphatic heterocycles. The molecule has 3 aromatic carbocycles. The van der Waals surface area contributed by atoms with Gasteiger partial charge in [-0.3, -0.25) is 4.79 Å². The van der Waals surface area contributed by atoms with Gasteiger partial charge in [-0.25, -0.2) is 0 Å². The van der Waals surface area contributed by atoms with E-state index in [2.05, 4.69) is 24.3 Å². The van der Waals surface area contributed by atoms with Crippen LogP contribution in [-0.2, 0) is 15.7 Å². The smallest absolute Gasteiger partial charge is 0.418 e. The summed E-state index contributed by atoms with van der Waals surface area (Å²) in [6, 6.07) is 22.9. The number of hydrogen-bond donors (Lipinski definition) is 1. The average Bonchev–Trinajstić information content (AvgIpc) is 2.71. The SMILES string of the molecule is F[B-](F)(F)F.O=C(Nc1ccc([S+]2c3ccccc3Sc3ccccc32)cc1)C(F)(F)F. The number of rotatable bonds is 2. The van der Waals surface area contributed by atoms with Gasteiger partial charge in [0.1, 0.15) is 10.9 Å². The zero-order chi connectivity index (χ0) is 23.5. The van der Waals surface area contributed by atoms with Gasteiger partial charge in [0.05, 0.1) is 9.79 Å². The van der Waals surface area contributed by atoms with Crippen molar-refractivity contribution in [2.45, 2.75) is 30.7 Å². The van der Waals surface area contributed by atoms with Gasteiger partial charge in [-0.2, -0.15) is 13.2 Å². The number of benzene rings is 3. The summed E-state index contributed by atoms with van der Waals surface area (Å²) < 4.78 is 76.3. The lowest BCUT2D eigenvalue weighted by Crippen LogP contribution is -2.29. The number of anilines is 1. The molecule has 0 unspecified atom stereocenters. The summed E-state index contributed by atoms with van der Waals surface area (Å²) >= 11 is 1.72. The number of hydrogen-bond acceptors (Lipinski definition) is 2. The zero-order valence-electron chi connectivity index (χ0n) is 15.9. The Morgan fingerprint density at radius 2 is 1.22 bits per heavy atom. The lowest BCUT2D eigenvalue weighted by Gasteiger charge is -2.18. The van der Waals surface area contributed by atoms with Gasteiger partial charge in [-0.15, -0.1) is 0 Å². The number of fused-ring (bicyclic) bond motifs is 2. The fourth-order valence-electron chi connectivity index (χ4n) is 2.77. The van der Waals surface area contributed by atoms with Crippen LogP contribution in [0.25, 0.3) is 0 Å². The second-order valence-electron chi connectivity index (χ2n) is 6.27. The first-order valence-electron chi connectivity index (χ1n) is 8.89. The number of alkyl halides is 3. The van der Waals surface area contributed by atoms with Gasteiger partial charge in [-0.05, 0) is 48.5 Å². The number of amides is 1. The third kappa shape index (κ3) is 6.22. The number of carbonyl (C=O) groups excluding carboxylic acids is 1. The molecular formula is C20H13BF7NOS2. The highest BCUT2D eigenvalue weighted by atomic mass is 32.2. The molecule has 12 heteroatoms. The van der Waals surface area contributed by atoms with Crippen molar-refractivity contribution in [3.8, 4) is 0 Å². The van der Waals surface area contributed by atoms with Gasteiger partial charge < -0.3 is 22.6 Å². The van der Waals surface area contributed by atoms with E-state index in [0.717, 1.165) is 4.90 Å². The van der Waals surface area contributed by atoms with Crippen molar-refractivity contribution in [3.05, 3.63) is 72.8 Å². The number of nitrogens with one attached hydrogen (secondary N) is 1. The molecule has 0 saturated heterocycles. The molecule has 168 valence electrons. The minimum Gasteiger partial charge on any atom is -0.418 e. The van der Waals surface area contributed by atoms with E-state index in [1.165, 1.54) is 31.7 Å². The van der Waals surface area contributed by atoms with Crippen LogP contribution in [0.1, 0.15) is 0 Å². The summed E-state index contributed by atoms with van der Waals surface area (Å²) in [6.45, 7) is 0. The molecule has 0 atom stereocenters. The molecule has 1 aliphatic rings. The van der Waals surface area contributed by atoms with Crippen molar-refractivity contribution < 1.29 is 35.2 Å². The molecule has 1 amide bonds. The minimum absolute atomic E-state index is 0.123. The quantitative estimate of drug-likeness (QED) is 0.185. The summed E-state index contributed by atoms with van der Waals surface area (Å²) in [6.07, 6.45) is -4.90. The Balaban J connectivity index is 0.000000523. The van der Waals surface area contributed by atoms with E-state index in [0.29, 0.717) is 0 Å². The van der Waals surface area contributed by atoms with Crippen molar-refractivity contribution in [1.82, 2.24) is 0 Å². The van der Waals surface area contributed by atoms with Gasteiger partial charge in [0.2, 0.25) is 0 Å². The van der Waals surface area contributed by atoms with E-state index in [9.17, 15) is 35.2 Å². The maximum Gasteiger partial charge on any atom is 0.673 e. The number of carbonyl (C=O) groups is 1. The van der Waals surface area contributed by atoms with Crippen LogP contribution in [0.4, 0.5) is 36.1 Å². The predicted octanol–water partition coefficient (Wildman–Crippen LogP) is 7.05. The molecular weight excluding hydrogens is 478 g/mol. The highest BCUT2D eigenvalue weighted by Gasteiger charge is 2.39. The van der Waals surface area contributed by atoms with Gasteiger partial charge >= 0.3 is 19.3 Å². The lowest BCUT2D eigenvalue weighted by atomic mass is 10.3. The second-order valence-corrected chi connectivity index (χ2v) is 9.32. The van der Waals surface area contributed by atoms with Gasteiger partial charge in [0, 0.05) is 5.69 Å². The first-order valence-corrected chi connectivity index (χ1v) is 10.9. The Labute approximate surface area is 185 Å². The van der Waals surface area contributed by atoms with E-state index in [1.54, 1.807) is 23.9 Å². The molecule has 32 heavy (non-hydrogen) atoms. The lowest BCUT2D eigenvalue weighted by molar-refractivity contribution is -0.167. The maximum absolute atomic E-state index is 12.4. The molecule has 0 saturated carbocycles. The van der Waals surface area contributed by atoms with Crippen LogP contribution in [0.5, 0.6) is 0 Å². The van der Waals surface area contributed by atoms with Crippen molar-refractivity contribution >= 4 is 41.5 Å². The van der Waals surface area contributed by atoms with Crippen LogP contribution in [0.3, 0.4) is 0 Å². The normalized spacial score (nSPS) is 13.3. The topological polar surface area (TPSA) is 29.1 Å². The molecule has 3 aromatic rings. The summed E-state index contributed by atoms with van der Waals surface area (Å²) in [5, 5.41) is 1.89. The van der Waals surface area contributed by atoms with Crippen LogP contribution in [0.15, 0.2) is 97.3 Å². The first-order chi connectivity index (χ1) is 14.9. The molecule has 1 N–H and O–H groups in total. The van der Waals surface area contributed by atoms with E-state index >= 15 is 0 Å². The second kappa shape index (κ2) is 9.49. The molecule has 0 radical (unpaired) electrons. The monoisotopic (exact) mass is 491 g/mol. The Morgan fingerprint density at radius 1 is 0.781 bits per heavy atom. The van der Waals surface area contributed by atoms with E-state index in [4.69, 9.17) is 0 Å². The molecule has 0 aromatic heterocycles. The number of halogens is 7. The molecule has 2 nitrogen and oxygen atoms in total. The molecule has 0 aliphatic carbocycles. The Kier molecular flexibility index (Phi) is 7.14. The van der Waals surface area contributed by atoms with Crippen LogP contribution < -0.4 is 5.32 Å². The summed E-state index contributed by atoms with van der Waals surface area (Å²) in [4.78, 5) is 16.8. The average molecular weight is 491 g/mol. The van der Waals surface area contributed by atoms with Crippen molar-refractivity contribution in [2.75, 3.05) is 5.32 Å². The highest BCUT2D eigenvalue weighted by molar-refractivity contribution is 8.04. The van der Waals surface area contributed by atoms with Crippen LogP contribution in [0.2, 0.25) is 0 Å². The van der Waals surface area contributed by atoms with Crippen LogP contribution in [0, 0.1) is 0 Å². The van der Waals surface area contributed by atoms with Crippen molar-refractivity contribution in [1.29, 1.82) is 0 Å². The Hall–Kier alpha value is -2.60. The maximum atomic E-state index is 12.4. The third-order valence-electron chi connectivity index (χ3n) is 3.96. The first kappa shape index (κ1) is 24.1.